The summed E-state index contributed by atoms with van der Waals surface area (Å²) in [5.41, 5.74) is 3.77. The van der Waals surface area contributed by atoms with Gasteiger partial charge in [-0.3, -0.25) is 9.69 Å². The third kappa shape index (κ3) is 6.46. The quantitative estimate of drug-likeness (QED) is 0.148. The molecular weight excluding hydrogens is 607 g/mol. The van der Waals surface area contributed by atoms with Gasteiger partial charge in [0, 0.05) is 3.57 Å². The van der Waals surface area contributed by atoms with Crippen LogP contribution in [0.3, 0.4) is 0 Å². The molecule has 0 N–H and O–H groups in total. The van der Waals surface area contributed by atoms with Crippen LogP contribution >= 0.6 is 34.4 Å². The summed E-state index contributed by atoms with van der Waals surface area (Å²) in [6, 6.07) is 33.5. The van der Waals surface area contributed by atoms with Gasteiger partial charge in [0.1, 0.15) is 6.61 Å². The van der Waals surface area contributed by atoms with Crippen molar-refractivity contribution in [1.29, 1.82) is 0 Å². The van der Waals surface area contributed by atoms with Crippen molar-refractivity contribution in [2.45, 2.75) is 13.2 Å². The predicted molar refractivity (Wildman–Crippen MR) is 163 cm³/mol. The maximum atomic E-state index is 13.5. The van der Waals surface area contributed by atoms with Gasteiger partial charge in [-0.25, -0.2) is 4.99 Å². The third-order valence-electron chi connectivity index (χ3n) is 5.85. The van der Waals surface area contributed by atoms with Gasteiger partial charge in [-0.2, -0.15) is 0 Å². The summed E-state index contributed by atoms with van der Waals surface area (Å²) in [5.74, 6) is 1.18. The summed E-state index contributed by atoms with van der Waals surface area (Å²) in [6.45, 7) is 0.889. The van der Waals surface area contributed by atoms with E-state index in [1.807, 2.05) is 97.1 Å². The van der Waals surface area contributed by atoms with Crippen LogP contribution in [0, 0.1) is 3.57 Å². The number of amidine groups is 1. The van der Waals surface area contributed by atoms with E-state index in [-0.39, 0.29) is 5.91 Å². The molecule has 0 spiro atoms. The molecule has 0 unspecified atom stereocenters. The van der Waals surface area contributed by atoms with Crippen LogP contribution in [0.4, 0.5) is 5.69 Å². The van der Waals surface area contributed by atoms with Gasteiger partial charge in [-0.05, 0) is 93.5 Å². The smallest absolute Gasteiger partial charge is 0.267 e. The lowest BCUT2D eigenvalue weighted by molar-refractivity contribution is -0.122. The Kier molecular flexibility index (Phi) is 8.45. The number of carbonyl (C=O) groups is 1. The SMILES string of the molecule is COc1cc(/C=C2\SC(=Nc3ccccc3)N(Cc3ccccc3)C2=O)ccc1OCc1ccc(I)cc1. The highest BCUT2D eigenvalue weighted by molar-refractivity contribution is 14.1. The number of thioether (sulfide) groups is 1. The monoisotopic (exact) mass is 632 g/mol. The van der Waals surface area contributed by atoms with Gasteiger partial charge in [0.2, 0.25) is 0 Å². The molecule has 0 atom stereocenters. The molecule has 190 valence electrons. The Bertz CT molecular complexity index is 1470. The highest BCUT2D eigenvalue weighted by Crippen LogP contribution is 2.37. The molecule has 5 rings (SSSR count). The third-order valence-corrected chi connectivity index (χ3v) is 7.57. The molecule has 1 fully saturated rings. The van der Waals surface area contributed by atoms with E-state index in [4.69, 9.17) is 14.5 Å². The van der Waals surface area contributed by atoms with Crippen molar-refractivity contribution in [3.63, 3.8) is 0 Å². The van der Waals surface area contributed by atoms with Crippen LogP contribution in [-0.4, -0.2) is 23.1 Å². The van der Waals surface area contributed by atoms with Gasteiger partial charge in [0.25, 0.3) is 5.91 Å². The second-order valence-corrected chi connectivity index (χ2v) is 10.8. The van der Waals surface area contributed by atoms with Crippen LogP contribution in [-0.2, 0) is 17.9 Å². The number of nitrogens with zero attached hydrogens (tertiary/aromatic N) is 2. The fourth-order valence-corrected chi connectivity index (χ4v) is 5.25. The molecule has 1 heterocycles. The van der Waals surface area contributed by atoms with Crippen molar-refractivity contribution in [3.8, 4) is 11.5 Å². The lowest BCUT2D eigenvalue weighted by atomic mass is 10.1. The molecule has 1 amide bonds. The minimum atomic E-state index is -0.0773. The first-order valence-electron chi connectivity index (χ1n) is 12.0. The Labute approximate surface area is 240 Å². The number of amides is 1. The fraction of sp³-hybridized carbons (Fsp3) is 0.0968. The van der Waals surface area contributed by atoms with Crippen molar-refractivity contribution >= 4 is 57.2 Å². The summed E-state index contributed by atoms with van der Waals surface area (Å²) in [6.07, 6.45) is 1.88. The summed E-state index contributed by atoms with van der Waals surface area (Å²) in [5, 5.41) is 0.653. The Morgan fingerprint density at radius 1 is 0.868 bits per heavy atom. The second kappa shape index (κ2) is 12.3. The van der Waals surface area contributed by atoms with Gasteiger partial charge in [-0.15, -0.1) is 0 Å². The van der Waals surface area contributed by atoms with Crippen LogP contribution in [0.25, 0.3) is 6.08 Å². The number of hydrogen-bond donors (Lipinski definition) is 0. The van der Waals surface area contributed by atoms with Crippen LogP contribution in [0.2, 0.25) is 0 Å². The summed E-state index contributed by atoms with van der Waals surface area (Å²) in [7, 11) is 1.62. The first kappa shape index (κ1) is 26.1. The van der Waals surface area contributed by atoms with Crippen LogP contribution < -0.4 is 9.47 Å². The minimum Gasteiger partial charge on any atom is -0.493 e. The molecule has 38 heavy (non-hydrogen) atoms. The Hall–Kier alpha value is -3.56. The summed E-state index contributed by atoms with van der Waals surface area (Å²) < 4.78 is 12.8. The lowest BCUT2D eigenvalue weighted by Gasteiger charge is -2.15. The zero-order chi connectivity index (χ0) is 26.3. The molecule has 0 saturated carbocycles. The van der Waals surface area contributed by atoms with Gasteiger partial charge < -0.3 is 9.47 Å². The van der Waals surface area contributed by atoms with Gasteiger partial charge in [0.05, 0.1) is 24.2 Å². The number of hydrogen-bond acceptors (Lipinski definition) is 5. The highest BCUT2D eigenvalue weighted by atomic mass is 127. The van der Waals surface area contributed by atoms with E-state index in [1.165, 1.54) is 15.3 Å². The van der Waals surface area contributed by atoms with E-state index in [2.05, 4.69) is 34.7 Å². The molecular formula is C31H25IN2O3S. The molecule has 5 nitrogen and oxygen atoms in total. The van der Waals surface area contributed by atoms with Gasteiger partial charge in [-0.1, -0.05) is 66.7 Å². The van der Waals surface area contributed by atoms with Crippen molar-refractivity contribution in [2.75, 3.05) is 7.11 Å². The van der Waals surface area contributed by atoms with Gasteiger partial charge in [0.15, 0.2) is 16.7 Å². The average molecular weight is 633 g/mol. The van der Waals surface area contributed by atoms with Crippen molar-refractivity contribution in [3.05, 3.63) is 128 Å². The Morgan fingerprint density at radius 2 is 1.58 bits per heavy atom. The van der Waals surface area contributed by atoms with Crippen molar-refractivity contribution < 1.29 is 14.3 Å². The molecule has 1 saturated heterocycles. The normalized spacial score (nSPS) is 15.3. The maximum absolute atomic E-state index is 13.5. The van der Waals surface area contributed by atoms with E-state index in [0.29, 0.717) is 34.7 Å². The number of methoxy groups -OCH3 is 1. The van der Waals surface area contributed by atoms with E-state index in [0.717, 1.165) is 22.4 Å². The molecule has 0 bridgehead atoms. The van der Waals surface area contributed by atoms with Crippen LogP contribution in [0.5, 0.6) is 11.5 Å². The van der Waals surface area contributed by atoms with Gasteiger partial charge >= 0.3 is 0 Å². The molecule has 1 aliphatic rings. The number of aliphatic imine (C=N–C) groups is 1. The number of para-hydroxylation sites is 1. The standard InChI is InChI=1S/C31H25IN2O3S/c1-36-28-18-24(14-17-27(28)37-21-23-12-15-25(32)16-13-23)19-29-30(35)34(20-22-8-4-2-5-9-22)31(38-29)33-26-10-6-3-7-11-26/h2-19H,20-21H2,1H3/b29-19-,33-31?. The number of rotatable bonds is 8. The van der Waals surface area contributed by atoms with Crippen molar-refractivity contribution in [1.82, 2.24) is 4.90 Å². The van der Waals surface area contributed by atoms with Crippen molar-refractivity contribution in [2.24, 2.45) is 4.99 Å². The summed E-state index contributed by atoms with van der Waals surface area (Å²) in [4.78, 5) is 20.6. The molecule has 1 aliphatic heterocycles. The van der Waals surface area contributed by atoms with E-state index < -0.39 is 0 Å². The van der Waals surface area contributed by atoms with Crippen LogP contribution in [0.1, 0.15) is 16.7 Å². The first-order valence-corrected chi connectivity index (χ1v) is 13.9. The molecule has 0 radical (unpaired) electrons. The molecule has 0 aliphatic carbocycles. The zero-order valence-electron chi connectivity index (χ0n) is 20.7. The topological polar surface area (TPSA) is 51.1 Å². The number of ether oxygens (including phenoxy) is 2. The van der Waals surface area contributed by atoms with E-state index >= 15 is 0 Å². The lowest BCUT2D eigenvalue weighted by Crippen LogP contribution is -2.28. The summed E-state index contributed by atoms with van der Waals surface area (Å²) >= 11 is 3.66. The Morgan fingerprint density at radius 3 is 2.29 bits per heavy atom. The highest BCUT2D eigenvalue weighted by Gasteiger charge is 2.33. The van der Waals surface area contributed by atoms with E-state index in [9.17, 15) is 4.79 Å². The molecule has 0 aromatic heterocycles. The molecule has 4 aromatic rings. The average Bonchev–Trinajstić information content (AvgIpc) is 3.23. The largest absolute Gasteiger partial charge is 0.493 e. The maximum Gasteiger partial charge on any atom is 0.267 e. The number of benzene rings is 4. The van der Waals surface area contributed by atoms with Crippen LogP contribution in [0.15, 0.2) is 113 Å². The predicted octanol–water partition coefficient (Wildman–Crippen LogP) is 7.68. The minimum absolute atomic E-state index is 0.0773. The molecule has 7 heteroatoms. The van der Waals surface area contributed by atoms with E-state index in [1.54, 1.807) is 12.0 Å². The number of halogens is 1. The first-order chi connectivity index (χ1) is 18.6. The Balaban J connectivity index is 1.39. The number of carbonyl (C=O) groups excluding carboxylic acids is 1. The second-order valence-electron chi connectivity index (χ2n) is 8.54. The zero-order valence-corrected chi connectivity index (χ0v) is 23.7. The molecule has 4 aromatic carbocycles. The fourth-order valence-electron chi connectivity index (χ4n) is 3.90.